The summed E-state index contributed by atoms with van der Waals surface area (Å²) in [7, 11) is -4.20. The monoisotopic (exact) mass is 294 g/mol. The number of hydrogen-bond donors (Lipinski definition) is 1. The largest absolute Gasteiger partial charge is 0.307 e. The molecule has 0 unspecified atom stereocenters. The summed E-state index contributed by atoms with van der Waals surface area (Å²) in [6.07, 6.45) is 1.33. The lowest BCUT2D eigenvalue weighted by Gasteiger charge is -2.14. The first-order chi connectivity index (χ1) is 9.49. The Hall–Kier alpha value is -1.72. The molecule has 20 heavy (non-hydrogen) atoms. The number of hydrogen-bond acceptors (Lipinski definition) is 3. The topological polar surface area (TPSA) is 71.4 Å². The Morgan fingerprint density at radius 1 is 1.10 bits per heavy atom. The van der Waals surface area contributed by atoms with Gasteiger partial charge in [-0.25, -0.2) is 0 Å². The van der Waals surface area contributed by atoms with E-state index in [0.717, 1.165) is 22.9 Å². The standard InChI is InChI=1S/C14H16O3S.CH2O/c1-3-10-9-11-7-5-6-8-13(11)14(12(10)4-2)18(15,16)17;1-2/h5-9H,3-4H2,1-2H3,(H,15,16,17);1H2. The molecule has 0 atom stereocenters. The van der Waals surface area contributed by atoms with Gasteiger partial charge in [-0.05, 0) is 29.4 Å². The van der Waals surface area contributed by atoms with Crippen LogP contribution in [0.15, 0.2) is 35.2 Å². The molecule has 2 aromatic rings. The Kier molecular flexibility index (Phi) is 5.42. The van der Waals surface area contributed by atoms with Crippen molar-refractivity contribution in [2.45, 2.75) is 31.6 Å². The highest BCUT2D eigenvalue weighted by Gasteiger charge is 2.20. The molecule has 0 aliphatic rings. The van der Waals surface area contributed by atoms with E-state index in [9.17, 15) is 13.0 Å². The first-order valence-corrected chi connectivity index (χ1v) is 7.72. The van der Waals surface area contributed by atoms with Crippen LogP contribution < -0.4 is 0 Å². The van der Waals surface area contributed by atoms with Gasteiger partial charge in [0.25, 0.3) is 10.1 Å². The first-order valence-electron chi connectivity index (χ1n) is 6.28. The van der Waals surface area contributed by atoms with Gasteiger partial charge < -0.3 is 4.79 Å². The summed E-state index contributed by atoms with van der Waals surface area (Å²) in [6.45, 7) is 5.88. The molecule has 0 radical (unpaired) electrons. The molecule has 108 valence electrons. The molecule has 0 saturated carbocycles. The van der Waals surface area contributed by atoms with Crippen LogP contribution in [0, 0.1) is 0 Å². The molecule has 0 heterocycles. The summed E-state index contributed by atoms with van der Waals surface area (Å²) in [6, 6.07) is 9.24. The van der Waals surface area contributed by atoms with Gasteiger partial charge in [0.15, 0.2) is 0 Å². The van der Waals surface area contributed by atoms with E-state index in [4.69, 9.17) is 4.79 Å². The maximum atomic E-state index is 11.7. The summed E-state index contributed by atoms with van der Waals surface area (Å²) in [5.41, 5.74) is 1.70. The molecule has 0 aliphatic carbocycles. The first kappa shape index (κ1) is 16.3. The smallest absolute Gasteiger partial charge is 0.295 e. The molecule has 0 saturated heterocycles. The predicted molar refractivity (Wildman–Crippen MR) is 79.6 cm³/mol. The highest BCUT2D eigenvalue weighted by atomic mass is 32.2. The fraction of sp³-hybridized carbons (Fsp3) is 0.267. The van der Waals surface area contributed by atoms with Gasteiger partial charge in [0.1, 0.15) is 11.7 Å². The zero-order chi connectivity index (χ0) is 15.3. The van der Waals surface area contributed by atoms with E-state index in [0.29, 0.717) is 11.8 Å². The van der Waals surface area contributed by atoms with E-state index in [2.05, 4.69) is 0 Å². The van der Waals surface area contributed by atoms with E-state index in [1.165, 1.54) is 0 Å². The number of rotatable bonds is 3. The average Bonchev–Trinajstić information content (AvgIpc) is 2.46. The molecule has 4 nitrogen and oxygen atoms in total. The van der Waals surface area contributed by atoms with Crippen molar-refractivity contribution in [2.24, 2.45) is 0 Å². The highest BCUT2D eigenvalue weighted by molar-refractivity contribution is 7.86. The lowest BCUT2D eigenvalue weighted by atomic mass is 9.97. The van der Waals surface area contributed by atoms with Gasteiger partial charge in [-0.3, -0.25) is 4.55 Å². The number of carbonyl (C=O) groups is 1. The van der Waals surface area contributed by atoms with Crippen molar-refractivity contribution in [3.63, 3.8) is 0 Å². The van der Waals surface area contributed by atoms with E-state index in [1.54, 1.807) is 12.1 Å². The zero-order valence-corrected chi connectivity index (χ0v) is 12.4. The summed E-state index contributed by atoms with van der Waals surface area (Å²) >= 11 is 0. The van der Waals surface area contributed by atoms with Crippen molar-refractivity contribution in [3.05, 3.63) is 41.5 Å². The quantitative estimate of drug-likeness (QED) is 0.883. The van der Waals surface area contributed by atoms with Gasteiger partial charge in [0.2, 0.25) is 0 Å². The van der Waals surface area contributed by atoms with Crippen LogP contribution in [0.5, 0.6) is 0 Å². The third kappa shape index (κ3) is 3.05. The second-order valence-electron chi connectivity index (χ2n) is 4.25. The van der Waals surface area contributed by atoms with Crippen LogP contribution in [0.25, 0.3) is 10.8 Å². The zero-order valence-electron chi connectivity index (χ0n) is 11.6. The Labute approximate surface area is 119 Å². The molecule has 0 bridgehead atoms. The molecule has 0 aliphatic heterocycles. The van der Waals surface area contributed by atoms with Crippen molar-refractivity contribution in [2.75, 3.05) is 0 Å². The SMILES string of the molecule is C=O.CCc1cc2ccccc2c(S(=O)(=O)O)c1CC. The third-order valence-electron chi connectivity index (χ3n) is 3.19. The third-order valence-corrected chi connectivity index (χ3v) is 4.17. The molecule has 2 rings (SSSR count). The van der Waals surface area contributed by atoms with E-state index < -0.39 is 10.1 Å². The summed E-state index contributed by atoms with van der Waals surface area (Å²) in [5, 5.41) is 1.44. The van der Waals surface area contributed by atoms with Gasteiger partial charge >= 0.3 is 0 Å². The second-order valence-corrected chi connectivity index (χ2v) is 5.61. The maximum Gasteiger partial charge on any atom is 0.295 e. The highest BCUT2D eigenvalue weighted by Crippen LogP contribution is 2.30. The minimum atomic E-state index is -4.20. The normalized spacial score (nSPS) is 10.9. The minimum Gasteiger partial charge on any atom is -0.307 e. The van der Waals surface area contributed by atoms with Crippen LogP contribution in [0.1, 0.15) is 25.0 Å². The molecular formula is C15H18O4S. The van der Waals surface area contributed by atoms with Crippen molar-refractivity contribution in [1.29, 1.82) is 0 Å². The number of benzene rings is 2. The molecule has 5 heteroatoms. The van der Waals surface area contributed by atoms with E-state index in [1.807, 2.05) is 38.8 Å². The summed E-state index contributed by atoms with van der Waals surface area (Å²) in [4.78, 5) is 8.07. The van der Waals surface area contributed by atoms with Crippen molar-refractivity contribution in [3.8, 4) is 0 Å². The number of fused-ring (bicyclic) bond motifs is 1. The lowest BCUT2D eigenvalue weighted by molar-refractivity contribution is -0.0979. The van der Waals surface area contributed by atoms with Gasteiger partial charge in [-0.2, -0.15) is 8.42 Å². The fourth-order valence-electron chi connectivity index (χ4n) is 2.41. The number of aryl methyl sites for hydroxylation is 1. The summed E-state index contributed by atoms with van der Waals surface area (Å²) in [5.74, 6) is 0. The Morgan fingerprint density at radius 2 is 1.70 bits per heavy atom. The fourth-order valence-corrected chi connectivity index (χ4v) is 3.46. The van der Waals surface area contributed by atoms with Gasteiger partial charge in [-0.1, -0.05) is 44.2 Å². The Balaban J connectivity index is 0.000000956. The van der Waals surface area contributed by atoms with E-state index >= 15 is 0 Å². The minimum absolute atomic E-state index is 0.0694. The van der Waals surface area contributed by atoms with Gasteiger partial charge in [0, 0.05) is 5.39 Å². The molecule has 0 fully saturated rings. The van der Waals surface area contributed by atoms with Crippen LogP contribution in [0.4, 0.5) is 0 Å². The second kappa shape index (κ2) is 6.63. The van der Waals surface area contributed by atoms with Crippen LogP contribution >= 0.6 is 0 Å². The Bertz CT molecular complexity index is 705. The van der Waals surface area contributed by atoms with Crippen molar-refractivity contribution in [1.82, 2.24) is 0 Å². The van der Waals surface area contributed by atoms with Gasteiger partial charge in [0.05, 0.1) is 0 Å². The van der Waals surface area contributed by atoms with Crippen LogP contribution in [-0.4, -0.2) is 19.8 Å². The van der Waals surface area contributed by atoms with Crippen molar-refractivity contribution < 1.29 is 17.8 Å². The lowest BCUT2D eigenvalue weighted by Crippen LogP contribution is -2.06. The number of carbonyl (C=O) groups excluding carboxylic acids is 1. The molecule has 0 spiro atoms. The van der Waals surface area contributed by atoms with Crippen LogP contribution in [0.3, 0.4) is 0 Å². The molecular weight excluding hydrogens is 276 g/mol. The van der Waals surface area contributed by atoms with Crippen LogP contribution in [0.2, 0.25) is 0 Å². The Morgan fingerprint density at radius 3 is 2.20 bits per heavy atom. The maximum absolute atomic E-state index is 11.7. The average molecular weight is 294 g/mol. The molecule has 2 aromatic carbocycles. The van der Waals surface area contributed by atoms with Crippen LogP contribution in [-0.2, 0) is 27.8 Å². The molecule has 0 aromatic heterocycles. The van der Waals surface area contributed by atoms with Crippen molar-refractivity contribution >= 4 is 27.7 Å². The predicted octanol–water partition coefficient (Wildman–Crippen LogP) is 3.03. The van der Waals surface area contributed by atoms with E-state index in [-0.39, 0.29) is 4.90 Å². The molecule has 1 N–H and O–H groups in total. The molecule has 0 amide bonds. The van der Waals surface area contributed by atoms with Gasteiger partial charge in [-0.15, -0.1) is 0 Å². The summed E-state index contributed by atoms with van der Waals surface area (Å²) < 4.78 is 32.8.